The summed E-state index contributed by atoms with van der Waals surface area (Å²) in [7, 11) is 2.00. The van der Waals surface area contributed by atoms with Crippen molar-refractivity contribution in [2.45, 2.75) is 32.2 Å². The van der Waals surface area contributed by atoms with E-state index in [4.69, 9.17) is 5.73 Å². The predicted octanol–water partition coefficient (Wildman–Crippen LogP) is 1.07. The van der Waals surface area contributed by atoms with Gasteiger partial charge in [0.05, 0.1) is 0 Å². The zero-order chi connectivity index (χ0) is 13.7. The molecule has 1 unspecified atom stereocenters. The van der Waals surface area contributed by atoms with Gasteiger partial charge in [-0.3, -0.25) is 0 Å². The van der Waals surface area contributed by atoms with E-state index in [1.807, 2.05) is 13.1 Å². The third-order valence-electron chi connectivity index (χ3n) is 3.49. The molecule has 0 aliphatic carbocycles. The number of hydrogen-bond acceptors (Lipinski definition) is 6. The van der Waals surface area contributed by atoms with Crippen molar-refractivity contribution in [3.8, 4) is 0 Å². The van der Waals surface area contributed by atoms with Crippen LogP contribution in [0.5, 0.6) is 0 Å². The molecule has 4 N–H and O–H groups in total. The molecular weight excluding hydrogens is 240 g/mol. The van der Waals surface area contributed by atoms with Crippen LogP contribution in [0, 0.1) is 0 Å². The Labute approximate surface area is 114 Å². The second kappa shape index (κ2) is 6.56. The third kappa shape index (κ3) is 3.70. The Morgan fingerprint density at radius 1 is 1.47 bits per heavy atom. The first-order valence-corrected chi connectivity index (χ1v) is 7.03. The molecule has 19 heavy (non-hydrogen) atoms. The standard InChI is InChI=1S/C13H24N6/c1-3-4-6-16-11-8-12(18-13(14)17-11)19-7-5-10(9-19)15-2/h8,10,15H,3-7,9H2,1-2H3,(H3,14,16,17,18). The first-order valence-electron chi connectivity index (χ1n) is 7.03. The summed E-state index contributed by atoms with van der Waals surface area (Å²) in [5, 5.41) is 6.60. The molecule has 1 atom stereocenters. The summed E-state index contributed by atoms with van der Waals surface area (Å²) in [6.45, 7) is 5.08. The summed E-state index contributed by atoms with van der Waals surface area (Å²) in [6.07, 6.45) is 3.43. The van der Waals surface area contributed by atoms with E-state index in [-0.39, 0.29) is 0 Å². The highest BCUT2D eigenvalue weighted by atomic mass is 15.3. The van der Waals surface area contributed by atoms with E-state index < -0.39 is 0 Å². The summed E-state index contributed by atoms with van der Waals surface area (Å²) in [5.41, 5.74) is 5.79. The van der Waals surface area contributed by atoms with Crippen molar-refractivity contribution in [1.29, 1.82) is 0 Å². The van der Waals surface area contributed by atoms with Gasteiger partial charge in [-0.15, -0.1) is 0 Å². The fourth-order valence-electron chi connectivity index (χ4n) is 2.30. The lowest BCUT2D eigenvalue weighted by Gasteiger charge is -2.18. The number of nitrogens with zero attached hydrogens (tertiary/aromatic N) is 3. The highest BCUT2D eigenvalue weighted by molar-refractivity contribution is 5.53. The van der Waals surface area contributed by atoms with E-state index in [2.05, 4.69) is 32.4 Å². The molecule has 0 aromatic carbocycles. The number of anilines is 3. The van der Waals surface area contributed by atoms with E-state index in [1.165, 1.54) is 0 Å². The van der Waals surface area contributed by atoms with Gasteiger partial charge in [0, 0.05) is 31.7 Å². The Bertz CT molecular complexity index is 408. The zero-order valence-electron chi connectivity index (χ0n) is 11.8. The molecule has 0 radical (unpaired) electrons. The Hall–Kier alpha value is -1.56. The maximum Gasteiger partial charge on any atom is 0.223 e. The van der Waals surface area contributed by atoms with Crippen LogP contribution in [-0.2, 0) is 0 Å². The molecule has 1 aliphatic heterocycles. The first kappa shape index (κ1) is 13.9. The van der Waals surface area contributed by atoms with Gasteiger partial charge < -0.3 is 21.3 Å². The molecule has 2 heterocycles. The second-order valence-corrected chi connectivity index (χ2v) is 4.97. The molecule has 6 nitrogen and oxygen atoms in total. The van der Waals surface area contributed by atoms with Crippen LogP contribution in [0.1, 0.15) is 26.2 Å². The van der Waals surface area contributed by atoms with Crippen LogP contribution in [0.15, 0.2) is 6.07 Å². The van der Waals surface area contributed by atoms with E-state index in [0.29, 0.717) is 12.0 Å². The van der Waals surface area contributed by atoms with Crippen molar-refractivity contribution < 1.29 is 0 Å². The lowest BCUT2D eigenvalue weighted by molar-refractivity contribution is 0.616. The average Bonchev–Trinajstić information content (AvgIpc) is 2.87. The van der Waals surface area contributed by atoms with Crippen LogP contribution in [0.2, 0.25) is 0 Å². The molecule has 1 aromatic heterocycles. The largest absolute Gasteiger partial charge is 0.370 e. The van der Waals surface area contributed by atoms with Crippen molar-refractivity contribution in [3.63, 3.8) is 0 Å². The number of likely N-dealkylation sites (N-methyl/N-ethyl adjacent to an activating group) is 1. The van der Waals surface area contributed by atoms with Crippen LogP contribution in [0.25, 0.3) is 0 Å². The summed E-state index contributed by atoms with van der Waals surface area (Å²) in [5.74, 6) is 2.08. The first-order chi connectivity index (χ1) is 9.22. The van der Waals surface area contributed by atoms with Gasteiger partial charge in [-0.2, -0.15) is 9.97 Å². The summed E-state index contributed by atoms with van der Waals surface area (Å²) in [6, 6.07) is 2.53. The maximum absolute atomic E-state index is 5.79. The van der Waals surface area contributed by atoms with Gasteiger partial charge >= 0.3 is 0 Å². The maximum atomic E-state index is 5.79. The average molecular weight is 264 g/mol. The molecule has 2 rings (SSSR count). The monoisotopic (exact) mass is 264 g/mol. The van der Waals surface area contributed by atoms with Crippen LogP contribution < -0.4 is 21.3 Å². The van der Waals surface area contributed by atoms with Crippen molar-refractivity contribution in [2.24, 2.45) is 0 Å². The number of nitrogens with one attached hydrogen (secondary N) is 2. The minimum Gasteiger partial charge on any atom is -0.370 e. The molecule has 0 bridgehead atoms. The summed E-state index contributed by atoms with van der Waals surface area (Å²) in [4.78, 5) is 10.8. The molecule has 1 saturated heterocycles. The van der Waals surface area contributed by atoms with Gasteiger partial charge in [0.25, 0.3) is 0 Å². The topological polar surface area (TPSA) is 79.1 Å². The molecule has 0 amide bonds. The lowest BCUT2D eigenvalue weighted by Crippen LogP contribution is -2.30. The van der Waals surface area contributed by atoms with Gasteiger partial charge in [-0.05, 0) is 19.9 Å². The molecule has 0 saturated carbocycles. The zero-order valence-corrected chi connectivity index (χ0v) is 11.8. The van der Waals surface area contributed by atoms with E-state index in [0.717, 1.165) is 50.5 Å². The number of nitrogens with two attached hydrogens (primary N) is 1. The lowest BCUT2D eigenvalue weighted by atomic mass is 10.3. The fourth-order valence-corrected chi connectivity index (χ4v) is 2.30. The molecule has 0 spiro atoms. The van der Waals surface area contributed by atoms with Crippen molar-refractivity contribution >= 4 is 17.6 Å². The number of hydrogen-bond donors (Lipinski definition) is 3. The highest BCUT2D eigenvalue weighted by Crippen LogP contribution is 2.21. The Balaban J connectivity index is 2.04. The van der Waals surface area contributed by atoms with E-state index >= 15 is 0 Å². The van der Waals surface area contributed by atoms with Gasteiger partial charge in [0.15, 0.2) is 0 Å². The fraction of sp³-hybridized carbons (Fsp3) is 0.692. The van der Waals surface area contributed by atoms with Gasteiger partial charge in [0.1, 0.15) is 11.6 Å². The smallest absolute Gasteiger partial charge is 0.223 e. The predicted molar refractivity (Wildman–Crippen MR) is 79.5 cm³/mol. The molecule has 1 aromatic rings. The highest BCUT2D eigenvalue weighted by Gasteiger charge is 2.22. The number of nitrogen functional groups attached to an aromatic ring is 1. The molecule has 106 valence electrons. The molecular formula is C13H24N6. The Kier molecular flexibility index (Phi) is 4.79. The van der Waals surface area contributed by atoms with Gasteiger partial charge in [-0.25, -0.2) is 0 Å². The normalized spacial score (nSPS) is 18.8. The van der Waals surface area contributed by atoms with Crippen LogP contribution >= 0.6 is 0 Å². The molecule has 1 aliphatic rings. The number of aromatic nitrogens is 2. The van der Waals surface area contributed by atoms with Crippen LogP contribution in [0.4, 0.5) is 17.6 Å². The minimum absolute atomic E-state index is 0.337. The quantitative estimate of drug-likeness (QED) is 0.667. The van der Waals surface area contributed by atoms with Gasteiger partial charge in [0.2, 0.25) is 5.95 Å². The van der Waals surface area contributed by atoms with E-state index in [9.17, 15) is 0 Å². The van der Waals surface area contributed by atoms with Crippen LogP contribution in [-0.4, -0.2) is 42.7 Å². The summed E-state index contributed by atoms with van der Waals surface area (Å²) >= 11 is 0. The summed E-state index contributed by atoms with van der Waals surface area (Å²) < 4.78 is 0. The van der Waals surface area contributed by atoms with E-state index in [1.54, 1.807) is 0 Å². The Morgan fingerprint density at radius 2 is 2.32 bits per heavy atom. The van der Waals surface area contributed by atoms with Crippen molar-refractivity contribution in [1.82, 2.24) is 15.3 Å². The van der Waals surface area contributed by atoms with Gasteiger partial charge in [-0.1, -0.05) is 13.3 Å². The minimum atomic E-state index is 0.337. The third-order valence-corrected chi connectivity index (χ3v) is 3.49. The molecule has 1 fully saturated rings. The number of rotatable bonds is 6. The van der Waals surface area contributed by atoms with Crippen LogP contribution in [0.3, 0.4) is 0 Å². The number of unbranched alkanes of at least 4 members (excludes halogenated alkanes) is 1. The Morgan fingerprint density at radius 3 is 3.00 bits per heavy atom. The SMILES string of the molecule is CCCCNc1cc(N2CCC(NC)C2)nc(N)n1. The van der Waals surface area contributed by atoms with Crippen molar-refractivity contribution in [3.05, 3.63) is 6.07 Å². The second-order valence-electron chi connectivity index (χ2n) is 4.97. The van der Waals surface area contributed by atoms with Crippen molar-refractivity contribution in [2.75, 3.05) is 42.6 Å². The molecule has 6 heteroatoms.